The number of benzene rings is 1. The summed E-state index contributed by atoms with van der Waals surface area (Å²) < 4.78 is 0. The predicted octanol–water partition coefficient (Wildman–Crippen LogP) is 1.94. The number of phenols is 1. The van der Waals surface area contributed by atoms with E-state index in [0.717, 1.165) is 17.5 Å². The highest BCUT2D eigenvalue weighted by molar-refractivity contribution is 5.38. The number of aromatic hydroxyl groups is 1. The van der Waals surface area contributed by atoms with Crippen molar-refractivity contribution in [3.63, 3.8) is 0 Å². The van der Waals surface area contributed by atoms with E-state index >= 15 is 0 Å². The molecule has 0 fully saturated rings. The van der Waals surface area contributed by atoms with Gasteiger partial charge in [0.1, 0.15) is 5.75 Å². The number of phenolic OH excluding ortho intramolecular Hbond substituents is 1. The van der Waals surface area contributed by atoms with Crippen LogP contribution >= 0.6 is 0 Å². The zero-order valence-corrected chi connectivity index (χ0v) is 9.85. The fourth-order valence-electron chi connectivity index (χ4n) is 1.92. The van der Waals surface area contributed by atoms with Crippen LogP contribution in [-0.2, 0) is 0 Å². The molecule has 2 unspecified atom stereocenters. The Kier molecular flexibility index (Phi) is 4.77. The molecule has 3 N–H and O–H groups in total. The van der Waals surface area contributed by atoms with E-state index in [1.165, 1.54) is 0 Å². The topological polar surface area (TPSA) is 60.7 Å². The van der Waals surface area contributed by atoms with Crippen molar-refractivity contribution >= 4 is 0 Å². The molecule has 0 bridgehead atoms. The fraction of sp³-hybridized carbons (Fsp3) is 0.538. The summed E-state index contributed by atoms with van der Waals surface area (Å²) >= 11 is 0. The minimum absolute atomic E-state index is 0.0852. The first-order chi connectivity index (χ1) is 7.58. The number of rotatable bonds is 5. The van der Waals surface area contributed by atoms with Crippen LogP contribution in [0.5, 0.6) is 5.75 Å². The zero-order chi connectivity index (χ0) is 12.1. The Morgan fingerprint density at radius 1 is 1.31 bits per heavy atom. The average Bonchev–Trinajstić information content (AvgIpc) is 2.29. The summed E-state index contributed by atoms with van der Waals surface area (Å²) in [6.07, 6.45) is 0.586. The first-order valence-electron chi connectivity index (χ1n) is 5.66. The summed E-state index contributed by atoms with van der Waals surface area (Å²) in [5.41, 5.74) is 1.94. The standard InChI is InChI=1S/C13H20O3/c1-3-10(7-11(15)8-14)12-6-9(2)4-5-13(12)16/h4-6,10-11,14-16H,3,7-8H2,1-2H3. The van der Waals surface area contributed by atoms with E-state index in [2.05, 4.69) is 0 Å². The Hall–Kier alpha value is -1.06. The van der Waals surface area contributed by atoms with Gasteiger partial charge in [0.15, 0.2) is 0 Å². The quantitative estimate of drug-likeness (QED) is 0.716. The fourth-order valence-corrected chi connectivity index (χ4v) is 1.92. The van der Waals surface area contributed by atoms with Crippen molar-refractivity contribution in [1.29, 1.82) is 0 Å². The molecule has 3 nitrogen and oxygen atoms in total. The average molecular weight is 224 g/mol. The van der Waals surface area contributed by atoms with Crippen molar-refractivity contribution in [2.75, 3.05) is 6.61 Å². The molecule has 1 aromatic rings. The second-order valence-corrected chi connectivity index (χ2v) is 4.24. The third kappa shape index (κ3) is 3.22. The molecule has 1 aromatic carbocycles. The molecule has 3 heteroatoms. The molecule has 90 valence electrons. The zero-order valence-electron chi connectivity index (χ0n) is 9.85. The molecular formula is C13H20O3. The molecule has 2 atom stereocenters. The monoisotopic (exact) mass is 224 g/mol. The van der Waals surface area contributed by atoms with Crippen molar-refractivity contribution in [2.45, 2.75) is 38.7 Å². The number of aliphatic hydroxyl groups excluding tert-OH is 2. The van der Waals surface area contributed by atoms with Crippen molar-refractivity contribution in [1.82, 2.24) is 0 Å². The van der Waals surface area contributed by atoms with Gasteiger partial charge in [0.05, 0.1) is 12.7 Å². The highest BCUT2D eigenvalue weighted by Crippen LogP contribution is 2.32. The summed E-state index contributed by atoms with van der Waals surface area (Å²) in [7, 11) is 0. The van der Waals surface area contributed by atoms with Crippen LogP contribution < -0.4 is 0 Å². The predicted molar refractivity (Wildman–Crippen MR) is 63.6 cm³/mol. The number of aryl methyl sites for hydroxylation is 1. The van der Waals surface area contributed by atoms with Gasteiger partial charge in [-0.25, -0.2) is 0 Å². The maximum Gasteiger partial charge on any atom is 0.119 e. The summed E-state index contributed by atoms with van der Waals surface area (Å²) in [6, 6.07) is 5.47. The third-order valence-corrected chi connectivity index (χ3v) is 2.88. The Bertz CT molecular complexity index is 336. The minimum Gasteiger partial charge on any atom is -0.508 e. The number of aliphatic hydroxyl groups is 2. The van der Waals surface area contributed by atoms with Crippen LogP contribution in [0.25, 0.3) is 0 Å². The van der Waals surface area contributed by atoms with Crippen LogP contribution in [0.3, 0.4) is 0 Å². The Labute approximate surface area is 96.4 Å². The Morgan fingerprint density at radius 2 is 2.00 bits per heavy atom. The Balaban J connectivity index is 2.89. The van der Waals surface area contributed by atoms with Gasteiger partial charge in [0.25, 0.3) is 0 Å². The first kappa shape index (κ1) is 13.0. The van der Waals surface area contributed by atoms with Gasteiger partial charge < -0.3 is 15.3 Å². The van der Waals surface area contributed by atoms with Gasteiger partial charge in [-0.2, -0.15) is 0 Å². The smallest absolute Gasteiger partial charge is 0.119 e. The SMILES string of the molecule is CCC(CC(O)CO)c1cc(C)ccc1O. The van der Waals surface area contributed by atoms with Crippen LogP contribution in [0, 0.1) is 6.92 Å². The van der Waals surface area contributed by atoms with E-state index < -0.39 is 6.10 Å². The molecule has 0 aliphatic heterocycles. The lowest BCUT2D eigenvalue weighted by Crippen LogP contribution is -2.16. The molecule has 0 heterocycles. The van der Waals surface area contributed by atoms with Gasteiger partial charge in [0.2, 0.25) is 0 Å². The van der Waals surface area contributed by atoms with Crippen molar-refractivity contribution in [3.8, 4) is 5.75 Å². The maximum absolute atomic E-state index is 9.78. The molecule has 0 radical (unpaired) electrons. The number of hydrogen-bond acceptors (Lipinski definition) is 3. The summed E-state index contributed by atoms with van der Waals surface area (Å²) in [5, 5.41) is 28.1. The lowest BCUT2D eigenvalue weighted by atomic mass is 9.89. The van der Waals surface area contributed by atoms with Gasteiger partial charge in [-0.05, 0) is 37.3 Å². The van der Waals surface area contributed by atoms with Crippen molar-refractivity contribution in [3.05, 3.63) is 29.3 Å². The molecule has 16 heavy (non-hydrogen) atoms. The molecule has 0 spiro atoms. The van der Waals surface area contributed by atoms with Crippen molar-refractivity contribution in [2.24, 2.45) is 0 Å². The molecule has 0 amide bonds. The first-order valence-corrected chi connectivity index (χ1v) is 5.66. The largest absolute Gasteiger partial charge is 0.508 e. The van der Waals surface area contributed by atoms with Crippen LogP contribution in [0.4, 0.5) is 0 Å². The third-order valence-electron chi connectivity index (χ3n) is 2.88. The lowest BCUT2D eigenvalue weighted by Gasteiger charge is -2.19. The maximum atomic E-state index is 9.78. The van der Waals surface area contributed by atoms with E-state index in [1.807, 2.05) is 26.0 Å². The van der Waals surface area contributed by atoms with Crippen LogP contribution in [0.15, 0.2) is 18.2 Å². The highest BCUT2D eigenvalue weighted by Gasteiger charge is 2.17. The Morgan fingerprint density at radius 3 is 2.56 bits per heavy atom. The minimum atomic E-state index is -0.718. The molecule has 1 rings (SSSR count). The summed E-state index contributed by atoms with van der Waals surface area (Å²) in [4.78, 5) is 0. The normalized spacial score (nSPS) is 14.8. The lowest BCUT2D eigenvalue weighted by molar-refractivity contribution is 0.0815. The van der Waals surface area contributed by atoms with Crippen LogP contribution in [0.1, 0.15) is 36.8 Å². The molecule has 0 saturated heterocycles. The van der Waals surface area contributed by atoms with E-state index in [4.69, 9.17) is 5.11 Å². The van der Waals surface area contributed by atoms with Gasteiger partial charge in [-0.15, -0.1) is 0 Å². The van der Waals surface area contributed by atoms with E-state index in [9.17, 15) is 10.2 Å². The molecule has 0 aromatic heterocycles. The molecule has 0 saturated carbocycles. The highest BCUT2D eigenvalue weighted by atomic mass is 16.3. The summed E-state index contributed by atoms with van der Waals surface area (Å²) in [5.74, 6) is 0.352. The molecule has 0 aliphatic rings. The molecule has 0 aliphatic carbocycles. The van der Waals surface area contributed by atoms with E-state index in [0.29, 0.717) is 6.42 Å². The van der Waals surface area contributed by atoms with Gasteiger partial charge in [-0.3, -0.25) is 0 Å². The van der Waals surface area contributed by atoms with E-state index in [1.54, 1.807) is 6.07 Å². The van der Waals surface area contributed by atoms with E-state index in [-0.39, 0.29) is 18.3 Å². The van der Waals surface area contributed by atoms with Crippen molar-refractivity contribution < 1.29 is 15.3 Å². The second kappa shape index (κ2) is 5.87. The second-order valence-electron chi connectivity index (χ2n) is 4.24. The van der Waals surface area contributed by atoms with Crippen LogP contribution in [-0.4, -0.2) is 28.0 Å². The van der Waals surface area contributed by atoms with Gasteiger partial charge in [-0.1, -0.05) is 24.6 Å². The van der Waals surface area contributed by atoms with Gasteiger partial charge in [0, 0.05) is 0 Å². The molecular weight excluding hydrogens is 204 g/mol. The summed E-state index contributed by atoms with van der Waals surface area (Å²) in [6.45, 7) is 3.75. The van der Waals surface area contributed by atoms with Gasteiger partial charge >= 0.3 is 0 Å². The number of hydrogen-bond donors (Lipinski definition) is 3. The van der Waals surface area contributed by atoms with Crippen LogP contribution in [0.2, 0.25) is 0 Å².